The molecule has 84 valence electrons. The second kappa shape index (κ2) is 4.40. The van der Waals surface area contributed by atoms with Gasteiger partial charge in [-0.2, -0.15) is 0 Å². The van der Waals surface area contributed by atoms with Crippen LogP contribution < -0.4 is 9.61 Å². The number of H-pyrrole nitrogens is 1. The van der Waals surface area contributed by atoms with Gasteiger partial charge in [-0.1, -0.05) is 29.5 Å². The van der Waals surface area contributed by atoms with E-state index in [-0.39, 0.29) is 10.8 Å². The lowest BCUT2D eigenvalue weighted by Gasteiger charge is -2.06. The molecular formula is C11H11NO3S. The molecule has 0 unspecified atom stereocenters. The molecule has 2 N–H and O–H groups in total. The fourth-order valence-electron chi connectivity index (χ4n) is 1.49. The van der Waals surface area contributed by atoms with Crippen molar-refractivity contribution >= 4 is 11.3 Å². The summed E-state index contributed by atoms with van der Waals surface area (Å²) in [7, 11) is 1.60. The first kappa shape index (κ1) is 10.8. The Balaban J connectivity index is 2.33. The average molecular weight is 237 g/mol. The zero-order valence-electron chi connectivity index (χ0n) is 8.69. The normalized spacial score (nSPS) is 10.3. The number of ether oxygens (including phenoxy) is 1. The highest BCUT2D eigenvalue weighted by Gasteiger charge is 2.10. The minimum atomic E-state index is -0.248. The smallest absolute Gasteiger partial charge is 0.307 e. The summed E-state index contributed by atoms with van der Waals surface area (Å²) in [5, 5.41) is 9.47. The Morgan fingerprint density at radius 3 is 2.81 bits per heavy atom. The molecule has 1 aromatic carbocycles. The van der Waals surface area contributed by atoms with E-state index in [9.17, 15) is 9.90 Å². The maximum Gasteiger partial charge on any atom is 0.307 e. The Kier molecular flexibility index (Phi) is 2.96. The second-order valence-electron chi connectivity index (χ2n) is 3.27. The van der Waals surface area contributed by atoms with Crippen LogP contribution in [0.3, 0.4) is 0 Å². The van der Waals surface area contributed by atoms with Gasteiger partial charge in [0.1, 0.15) is 5.75 Å². The molecule has 4 nitrogen and oxygen atoms in total. The summed E-state index contributed by atoms with van der Waals surface area (Å²) in [4.78, 5) is 13.7. The molecule has 1 aromatic heterocycles. The molecule has 0 aliphatic heterocycles. The van der Waals surface area contributed by atoms with Crippen LogP contribution in [0.15, 0.2) is 29.1 Å². The molecule has 0 atom stereocenters. The second-order valence-corrected chi connectivity index (χ2v) is 4.34. The zero-order chi connectivity index (χ0) is 11.5. The maximum atomic E-state index is 11.0. The van der Waals surface area contributed by atoms with Crippen LogP contribution in [0.2, 0.25) is 0 Å². The van der Waals surface area contributed by atoms with Crippen LogP contribution in [0.1, 0.15) is 10.4 Å². The van der Waals surface area contributed by atoms with Gasteiger partial charge in [-0.15, -0.1) is 0 Å². The van der Waals surface area contributed by atoms with Crippen molar-refractivity contribution in [1.82, 2.24) is 4.98 Å². The number of aromatic nitrogens is 1. The lowest BCUT2D eigenvalue weighted by molar-refractivity contribution is 0.410. The maximum absolute atomic E-state index is 11.0. The molecule has 1 heterocycles. The first-order chi connectivity index (χ1) is 7.70. The number of para-hydroxylation sites is 1. The van der Waals surface area contributed by atoms with E-state index in [1.165, 1.54) is 0 Å². The Labute approximate surface area is 96.1 Å². The molecular weight excluding hydrogens is 226 g/mol. The Bertz CT molecular complexity index is 544. The van der Waals surface area contributed by atoms with Gasteiger partial charge in [0, 0.05) is 6.42 Å². The number of methoxy groups -OCH3 is 1. The predicted molar refractivity (Wildman–Crippen MR) is 62.4 cm³/mol. The molecule has 0 spiro atoms. The summed E-state index contributed by atoms with van der Waals surface area (Å²) in [6.07, 6.45) is 0.485. The van der Waals surface area contributed by atoms with Gasteiger partial charge in [0.25, 0.3) is 0 Å². The highest BCUT2D eigenvalue weighted by molar-refractivity contribution is 7.09. The molecule has 2 aromatic rings. The highest BCUT2D eigenvalue weighted by atomic mass is 32.1. The van der Waals surface area contributed by atoms with Crippen molar-refractivity contribution < 1.29 is 9.84 Å². The van der Waals surface area contributed by atoms with E-state index in [4.69, 9.17) is 4.74 Å². The number of thiazole rings is 1. The summed E-state index contributed by atoms with van der Waals surface area (Å²) in [6.45, 7) is 0. The van der Waals surface area contributed by atoms with Crippen molar-refractivity contribution in [1.29, 1.82) is 0 Å². The lowest BCUT2D eigenvalue weighted by Crippen LogP contribution is -1.92. The third-order valence-electron chi connectivity index (χ3n) is 2.24. The lowest BCUT2D eigenvalue weighted by atomic mass is 10.1. The van der Waals surface area contributed by atoms with E-state index in [0.717, 1.165) is 22.6 Å². The molecule has 0 saturated heterocycles. The molecule has 0 fully saturated rings. The van der Waals surface area contributed by atoms with Crippen LogP contribution in [0.5, 0.6) is 11.6 Å². The van der Waals surface area contributed by atoms with Crippen molar-refractivity contribution in [3.8, 4) is 11.6 Å². The van der Waals surface area contributed by atoms with Crippen molar-refractivity contribution in [2.45, 2.75) is 6.42 Å². The van der Waals surface area contributed by atoms with Crippen LogP contribution in [0.25, 0.3) is 0 Å². The van der Waals surface area contributed by atoms with Crippen LogP contribution >= 0.6 is 11.3 Å². The van der Waals surface area contributed by atoms with Gasteiger partial charge >= 0.3 is 4.87 Å². The van der Waals surface area contributed by atoms with Gasteiger partial charge in [-0.05, 0) is 11.6 Å². The summed E-state index contributed by atoms with van der Waals surface area (Å²) < 4.78 is 5.20. The van der Waals surface area contributed by atoms with E-state index in [0.29, 0.717) is 11.3 Å². The van der Waals surface area contributed by atoms with Gasteiger partial charge in [0.05, 0.1) is 12.0 Å². The van der Waals surface area contributed by atoms with Crippen LogP contribution in [-0.2, 0) is 6.42 Å². The van der Waals surface area contributed by atoms with Crippen LogP contribution in [0, 0.1) is 0 Å². The SMILES string of the molecule is COc1ccccc1Cc1sc(=O)[nH]c1O. The van der Waals surface area contributed by atoms with E-state index in [1.54, 1.807) is 7.11 Å². The molecule has 0 saturated carbocycles. The number of nitrogens with one attached hydrogen (secondary N) is 1. The van der Waals surface area contributed by atoms with E-state index < -0.39 is 0 Å². The van der Waals surface area contributed by atoms with Crippen LogP contribution in [-0.4, -0.2) is 17.2 Å². The molecule has 0 amide bonds. The average Bonchev–Trinajstić information content (AvgIpc) is 2.58. The topological polar surface area (TPSA) is 62.3 Å². The molecule has 5 heteroatoms. The predicted octanol–water partition coefficient (Wildman–Crippen LogP) is 1.74. The first-order valence-corrected chi connectivity index (χ1v) is 5.55. The van der Waals surface area contributed by atoms with E-state index in [1.807, 2.05) is 24.3 Å². The van der Waals surface area contributed by atoms with Crippen molar-refractivity contribution in [3.63, 3.8) is 0 Å². The fraction of sp³-hybridized carbons (Fsp3) is 0.182. The van der Waals surface area contributed by atoms with E-state index >= 15 is 0 Å². The van der Waals surface area contributed by atoms with Gasteiger partial charge in [0.15, 0.2) is 0 Å². The zero-order valence-corrected chi connectivity index (χ0v) is 9.50. The van der Waals surface area contributed by atoms with E-state index in [2.05, 4.69) is 4.98 Å². The monoisotopic (exact) mass is 237 g/mol. The Morgan fingerprint density at radius 1 is 1.44 bits per heavy atom. The number of aromatic hydroxyl groups is 1. The minimum absolute atomic E-state index is 0.0547. The molecule has 16 heavy (non-hydrogen) atoms. The highest BCUT2D eigenvalue weighted by Crippen LogP contribution is 2.25. The van der Waals surface area contributed by atoms with Gasteiger partial charge in [-0.25, -0.2) is 0 Å². The number of hydrogen-bond acceptors (Lipinski definition) is 4. The van der Waals surface area contributed by atoms with Gasteiger partial charge in [-0.3, -0.25) is 9.78 Å². The fourth-order valence-corrected chi connectivity index (χ4v) is 2.24. The summed E-state index contributed by atoms with van der Waals surface area (Å²) in [6, 6.07) is 7.52. The summed E-state index contributed by atoms with van der Waals surface area (Å²) in [5.74, 6) is 0.698. The van der Waals surface area contributed by atoms with Crippen molar-refractivity contribution in [2.24, 2.45) is 0 Å². The van der Waals surface area contributed by atoms with Crippen LogP contribution in [0.4, 0.5) is 0 Å². The van der Waals surface area contributed by atoms with Gasteiger partial charge < -0.3 is 9.84 Å². The largest absolute Gasteiger partial charge is 0.496 e. The standard InChI is InChI=1S/C11H11NO3S/c1-15-8-5-3-2-4-7(8)6-9-10(13)12-11(14)16-9/h2-5,13H,6H2,1H3,(H,12,14). The first-order valence-electron chi connectivity index (χ1n) is 4.73. The molecule has 2 rings (SSSR count). The number of rotatable bonds is 3. The van der Waals surface area contributed by atoms with Crippen molar-refractivity contribution in [2.75, 3.05) is 7.11 Å². The Hall–Kier alpha value is -1.75. The number of hydrogen-bond donors (Lipinski definition) is 2. The Morgan fingerprint density at radius 2 is 2.19 bits per heavy atom. The molecule has 0 aliphatic carbocycles. The summed E-state index contributed by atoms with van der Waals surface area (Å²) >= 11 is 1.01. The number of benzene rings is 1. The third-order valence-corrected chi connectivity index (χ3v) is 3.12. The quantitative estimate of drug-likeness (QED) is 0.854. The summed E-state index contributed by atoms with van der Waals surface area (Å²) in [5.41, 5.74) is 0.940. The number of aromatic amines is 1. The third kappa shape index (κ3) is 2.09. The minimum Gasteiger partial charge on any atom is -0.496 e. The molecule has 0 aliphatic rings. The molecule has 0 radical (unpaired) electrons. The molecule has 0 bridgehead atoms. The van der Waals surface area contributed by atoms with Crippen molar-refractivity contribution in [3.05, 3.63) is 44.4 Å². The van der Waals surface area contributed by atoms with Gasteiger partial charge in [0.2, 0.25) is 5.88 Å².